The molecule has 3 N–H and O–H groups in total. The number of rotatable bonds is 45. The molecule has 1 saturated heterocycles. The van der Waals surface area contributed by atoms with Crippen LogP contribution >= 0.6 is 21.6 Å². The summed E-state index contributed by atoms with van der Waals surface area (Å²) in [6.45, 7) is 14.7. The minimum Gasteiger partial charge on any atom is -0.463 e. The molecule has 1 aromatic heterocycles. The second-order valence-electron chi connectivity index (χ2n) is 25.8. The van der Waals surface area contributed by atoms with Crippen LogP contribution in [0.4, 0.5) is 4.79 Å². The number of amides is 1. The number of fused-ring (bicyclic) bond motifs is 5. The molecule has 2 saturated carbocycles. The van der Waals surface area contributed by atoms with Crippen LogP contribution in [-0.2, 0) is 95.0 Å². The molecule has 29 heteroatoms. The van der Waals surface area contributed by atoms with Crippen LogP contribution in [0.3, 0.4) is 0 Å². The number of hydrogen-bond acceptors (Lipinski definition) is 28. The van der Waals surface area contributed by atoms with E-state index in [0.29, 0.717) is 103 Å². The van der Waals surface area contributed by atoms with Gasteiger partial charge < -0.3 is 91.3 Å². The number of ketones is 1. The number of nitrogens with one attached hydrogen (secondary N) is 1. The van der Waals surface area contributed by atoms with Gasteiger partial charge in [-0.15, -0.1) is 0 Å². The number of aliphatic hydroxyl groups excluding tert-OH is 1. The van der Waals surface area contributed by atoms with Crippen LogP contribution < -0.4 is 5.32 Å². The minimum absolute atomic E-state index is 0.0309. The molecule has 3 aliphatic carbocycles. The van der Waals surface area contributed by atoms with Gasteiger partial charge in [-0.2, -0.15) is 0 Å². The van der Waals surface area contributed by atoms with E-state index in [1.165, 1.54) is 26.0 Å². The minimum atomic E-state index is -2.33. The van der Waals surface area contributed by atoms with E-state index in [1.807, 2.05) is 18.2 Å². The quantitative estimate of drug-likeness (QED) is 0.0127. The predicted molar refractivity (Wildman–Crippen MR) is 377 cm³/mol. The van der Waals surface area contributed by atoms with Crippen molar-refractivity contribution < 1.29 is 120 Å². The molecule has 8 rings (SSSR count). The molecule has 0 spiro atoms. The number of benzene rings is 3. The van der Waals surface area contributed by atoms with Crippen LogP contribution in [0, 0.1) is 22.7 Å². The lowest BCUT2D eigenvalue weighted by Gasteiger charge is -2.67. The van der Waals surface area contributed by atoms with Gasteiger partial charge in [-0.3, -0.25) is 19.2 Å². The molecule has 2 bridgehead atoms. The van der Waals surface area contributed by atoms with Gasteiger partial charge in [0.1, 0.15) is 54.0 Å². The Morgan fingerprint density at radius 2 is 1.15 bits per heavy atom. The van der Waals surface area contributed by atoms with Crippen LogP contribution in [-0.4, -0.2) is 243 Å². The fourth-order valence-corrected chi connectivity index (χ4v) is 15.4. The SMILES string of the molecule is CC(=O)O[C@@]12COC1C[C@H](O)[C@@]1(C)C(=O)[C@H](C)C3=C(C)[C@@H](OC(=O)[C@H](OC(=O)OCCOCCOC(=O)CCOCCOCCOCCOCCOCCOCCOCCOCCSSc4ccccn4)[C@@H](NC(=O)c4ccccc4)c4ccccc4)C[C@@](O)([C@@H](OC(=O)c4ccccc4)[C@@H]12)C3(C)C. The highest BCUT2D eigenvalue weighted by Crippen LogP contribution is 2.65. The number of carbonyl (C=O) groups is 7. The third kappa shape index (κ3) is 22.6. The van der Waals surface area contributed by atoms with E-state index < -0.39 is 125 Å². The molecule has 0 radical (unpaired) electrons. The number of carbonyl (C=O) groups excluding carboxylic acids is 7. The van der Waals surface area contributed by atoms with Crippen molar-refractivity contribution in [1.82, 2.24) is 10.3 Å². The largest absolute Gasteiger partial charge is 0.509 e. The Hall–Kier alpha value is -6.94. The molecule has 4 aliphatic rings. The first kappa shape index (κ1) is 82.7. The van der Waals surface area contributed by atoms with Gasteiger partial charge >= 0.3 is 30.0 Å². The van der Waals surface area contributed by atoms with Gasteiger partial charge in [-0.05, 0) is 77.7 Å². The van der Waals surface area contributed by atoms with Crippen molar-refractivity contribution in [2.45, 2.75) is 114 Å². The lowest BCUT2D eigenvalue weighted by atomic mass is 9.43. The zero-order chi connectivity index (χ0) is 74.4. The third-order valence-electron chi connectivity index (χ3n) is 18.8. The second-order valence-corrected chi connectivity index (χ2v) is 28.3. The van der Waals surface area contributed by atoms with E-state index in [9.17, 15) is 34.2 Å². The van der Waals surface area contributed by atoms with Crippen LogP contribution in [0.5, 0.6) is 0 Å². The molecule has 570 valence electrons. The topological polar surface area (TPSA) is 333 Å². The Kier molecular flexibility index (Phi) is 33.3. The normalized spacial score (nSPS) is 23.7. The molecule has 3 aromatic carbocycles. The summed E-state index contributed by atoms with van der Waals surface area (Å²) in [4.78, 5) is 103. The zero-order valence-electron chi connectivity index (χ0n) is 59.8. The number of hydrogen-bond donors (Lipinski definition) is 3. The Bertz CT molecular complexity index is 3380. The van der Waals surface area contributed by atoms with Gasteiger partial charge in [-0.1, -0.05) is 104 Å². The Balaban J connectivity index is 0.760. The standard InChI is InChI=1S/C75H98N2O25S2/c1-51-57(49-75(86)67(101-69(83)56-22-14-9-15-23-56)65-73(6,66(81)52(2)62(51)72(75,4)5)58(79)48-59-74(65,50-98-59)102-53(3)78)99-70(84)64(63(54-18-10-7-11-19-54)77-68(82)55-20-12-8-13-21-55)100-71(85)97-45-43-94-42-44-96-61(80)25-27-87-28-29-88-30-31-89-32-33-90-34-35-91-36-37-92-38-39-93-40-41-95-46-47-103-104-60-24-16-17-26-76-60/h7-24,26,52,57-59,63-65,67,79,86H,25,27-50H2,1-6H3,(H,77,82)/t52-,57+,58+,59?,63+,64-,65+,67+,73-,74+,75-/m1/s1. The Morgan fingerprint density at radius 3 is 1.68 bits per heavy atom. The van der Waals surface area contributed by atoms with E-state index in [0.717, 1.165) is 10.8 Å². The van der Waals surface area contributed by atoms with Crippen molar-refractivity contribution in [3.63, 3.8) is 0 Å². The number of ether oxygens (including phenoxy) is 16. The molecule has 1 unspecified atom stereocenters. The van der Waals surface area contributed by atoms with E-state index in [-0.39, 0.29) is 70.2 Å². The van der Waals surface area contributed by atoms with Crippen molar-refractivity contribution in [3.8, 4) is 0 Å². The van der Waals surface area contributed by atoms with Crippen LogP contribution in [0.25, 0.3) is 0 Å². The molecule has 104 heavy (non-hydrogen) atoms. The highest BCUT2D eigenvalue weighted by atomic mass is 33.1. The summed E-state index contributed by atoms with van der Waals surface area (Å²) >= 11 is 0. The molecule has 2 heterocycles. The number of Topliss-reactive ketones (excluding diaryl/α,β-unsaturated/α-hetero) is 1. The Morgan fingerprint density at radius 1 is 0.644 bits per heavy atom. The maximum atomic E-state index is 15.6. The van der Waals surface area contributed by atoms with E-state index in [2.05, 4.69) is 10.3 Å². The summed E-state index contributed by atoms with van der Waals surface area (Å²) in [5.41, 5.74) is -6.21. The van der Waals surface area contributed by atoms with Gasteiger partial charge in [0, 0.05) is 48.6 Å². The molecule has 27 nitrogen and oxygen atoms in total. The van der Waals surface area contributed by atoms with Gasteiger partial charge in [0.2, 0.25) is 6.10 Å². The van der Waals surface area contributed by atoms with E-state index >= 15 is 9.59 Å². The van der Waals surface area contributed by atoms with Crippen molar-refractivity contribution in [1.29, 1.82) is 0 Å². The van der Waals surface area contributed by atoms with Gasteiger partial charge in [0.15, 0.2) is 5.60 Å². The predicted octanol–water partition coefficient (Wildman–Crippen LogP) is 7.52. The number of pyridine rings is 1. The summed E-state index contributed by atoms with van der Waals surface area (Å²) in [5.74, 6) is -6.34. The first-order valence-corrected chi connectivity index (χ1v) is 37.3. The highest BCUT2D eigenvalue weighted by Gasteiger charge is 2.77. The molecule has 3 fully saturated rings. The van der Waals surface area contributed by atoms with Gasteiger partial charge in [0.05, 0.1) is 155 Å². The summed E-state index contributed by atoms with van der Waals surface area (Å²) in [5, 5.41) is 30.0. The fourth-order valence-electron chi connectivity index (χ4n) is 13.6. The molecule has 4 aromatic rings. The van der Waals surface area contributed by atoms with Crippen LogP contribution in [0.15, 0.2) is 132 Å². The van der Waals surface area contributed by atoms with Crippen molar-refractivity contribution >= 4 is 63.3 Å². The molecule has 1 amide bonds. The average Bonchev–Trinajstić information content (AvgIpc) is 0.670. The Labute approximate surface area is 614 Å². The number of esters is 4. The summed E-state index contributed by atoms with van der Waals surface area (Å²) in [7, 11) is 3.33. The second kappa shape index (κ2) is 41.8. The van der Waals surface area contributed by atoms with E-state index in [4.69, 9.17) is 75.8 Å². The van der Waals surface area contributed by atoms with Crippen molar-refractivity contribution in [2.75, 3.05) is 144 Å². The van der Waals surface area contributed by atoms with E-state index in [1.54, 1.807) is 134 Å². The third-order valence-corrected chi connectivity index (χ3v) is 21.0. The van der Waals surface area contributed by atoms with Gasteiger partial charge in [0.25, 0.3) is 5.91 Å². The number of aromatic nitrogens is 1. The van der Waals surface area contributed by atoms with Crippen LogP contribution in [0.1, 0.15) is 93.1 Å². The zero-order valence-corrected chi connectivity index (χ0v) is 61.4. The fraction of sp³-hybridized carbons (Fsp3) is 0.573. The monoisotopic (exact) mass is 1490 g/mol. The highest BCUT2D eigenvalue weighted by molar-refractivity contribution is 8.76. The van der Waals surface area contributed by atoms with Gasteiger partial charge in [-0.25, -0.2) is 19.4 Å². The van der Waals surface area contributed by atoms with Crippen molar-refractivity contribution in [3.05, 3.63) is 143 Å². The average molecular weight is 1490 g/mol. The summed E-state index contributed by atoms with van der Waals surface area (Å²) in [6.07, 6.45) is -8.01. The molecule has 1 aliphatic heterocycles. The molecule has 11 atom stereocenters. The van der Waals surface area contributed by atoms with Crippen molar-refractivity contribution in [2.24, 2.45) is 22.7 Å². The summed E-state index contributed by atoms with van der Waals surface area (Å²) in [6, 6.07) is 28.6. The number of aliphatic hydroxyl groups is 2. The summed E-state index contributed by atoms with van der Waals surface area (Å²) < 4.78 is 91.5. The smallest absolute Gasteiger partial charge is 0.463 e. The maximum absolute atomic E-state index is 15.6. The lowest BCUT2D eigenvalue weighted by molar-refractivity contribution is -0.345. The maximum Gasteiger partial charge on any atom is 0.509 e. The molecular formula is C75H98N2O25S2. The first-order valence-electron chi connectivity index (χ1n) is 35.0. The lowest BCUT2D eigenvalue weighted by Crippen LogP contribution is -2.81. The molecular weight excluding hydrogens is 1390 g/mol. The van der Waals surface area contributed by atoms with Crippen LogP contribution in [0.2, 0.25) is 0 Å². The number of nitrogens with zero attached hydrogens (tertiary/aromatic N) is 1. The first-order chi connectivity index (χ1) is 50.2.